The Morgan fingerprint density at radius 2 is 1.89 bits per heavy atom. The second-order valence-electron chi connectivity index (χ2n) is 4.91. The van der Waals surface area contributed by atoms with Gasteiger partial charge in [-0.3, -0.25) is 0 Å². The van der Waals surface area contributed by atoms with Crippen LogP contribution < -0.4 is 5.32 Å². The van der Waals surface area contributed by atoms with Crippen molar-refractivity contribution in [1.82, 2.24) is 9.97 Å². The molecule has 0 unspecified atom stereocenters. The summed E-state index contributed by atoms with van der Waals surface area (Å²) in [6.45, 7) is 6.37. The number of halogens is 3. The van der Waals surface area contributed by atoms with Crippen LogP contribution >= 0.6 is 0 Å². The van der Waals surface area contributed by atoms with Gasteiger partial charge in [-0.2, -0.15) is 13.2 Å². The van der Waals surface area contributed by atoms with Gasteiger partial charge in [0.15, 0.2) is 0 Å². The zero-order valence-corrected chi connectivity index (χ0v) is 11.5. The van der Waals surface area contributed by atoms with E-state index in [9.17, 15) is 13.2 Å². The Morgan fingerprint density at radius 3 is 2.47 bits per heavy atom. The van der Waals surface area contributed by atoms with Gasteiger partial charge in [-0.05, 0) is 19.8 Å². The van der Waals surface area contributed by atoms with Crippen LogP contribution in [0.3, 0.4) is 0 Å². The van der Waals surface area contributed by atoms with Crippen LogP contribution in [0.1, 0.15) is 50.5 Å². The van der Waals surface area contributed by atoms with E-state index in [1.54, 1.807) is 6.07 Å². The maximum absolute atomic E-state index is 12.0. The molecule has 0 aromatic carbocycles. The Hall–Kier alpha value is -1.33. The van der Waals surface area contributed by atoms with Crippen molar-refractivity contribution < 1.29 is 13.2 Å². The van der Waals surface area contributed by atoms with Crippen LogP contribution in [0.2, 0.25) is 0 Å². The molecule has 19 heavy (non-hydrogen) atoms. The van der Waals surface area contributed by atoms with Crippen LogP contribution in [0.4, 0.5) is 19.0 Å². The van der Waals surface area contributed by atoms with Crippen molar-refractivity contribution >= 4 is 5.82 Å². The Labute approximate surface area is 111 Å². The van der Waals surface area contributed by atoms with Crippen molar-refractivity contribution in [3.05, 3.63) is 17.6 Å². The zero-order valence-electron chi connectivity index (χ0n) is 11.5. The SMILES string of the molecule is Cc1cc(NCCCCC(F)(F)F)nc(C(C)C)n1. The van der Waals surface area contributed by atoms with Crippen LogP contribution in [-0.4, -0.2) is 22.7 Å². The first-order chi connectivity index (χ1) is 8.78. The van der Waals surface area contributed by atoms with Crippen molar-refractivity contribution in [2.24, 2.45) is 0 Å². The molecular formula is C13H20F3N3. The molecule has 108 valence electrons. The normalized spacial score (nSPS) is 11.9. The highest BCUT2D eigenvalue weighted by Gasteiger charge is 2.25. The van der Waals surface area contributed by atoms with E-state index in [-0.39, 0.29) is 12.3 Å². The maximum Gasteiger partial charge on any atom is 0.389 e. The number of hydrogen-bond donors (Lipinski definition) is 1. The molecule has 0 aliphatic carbocycles. The number of hydrogen-bond acceptors (Lipinski definition) is 3. The average molecular weight is 275 g/mol. The minimum Gasteiger partial charge on any atom is -0.370 e. The van der Waals surface area contributed by atoms with Crippen molar-refractivity contribution in [1.29, 1.82) is 0 Å². The van der Waals surface area contributed by atoms with Gasteiger partial charge in [0.2, 0.25) is 0 Å². The first-order valence-electron chi connectivity index (χ1n) is 6.44. The molecule has 1 heterocycles. The fourth-order valence-electron chi connectivity index (χ4n) is 1.61. The number of nitrogens with zero attached hydrogens (tertiary/aromatic N) is 2. The molecule has 0 fully saturated rings. The van der Waals surface area contributed by atoms with E-state index in [0.717, 1.165) is 11.5 Å². The molecule has 1 aromatic heterocycles. The first kappa shape index (κ1) is 15.7. The number of anilines is 1. The number of aromatic nitrogens is 2. The molecule has 1 aromatic rings. The van der Waals surface area contributed by atoms with Crippen LogP contribution in [0.5, 0.6) is 0 Å². The second-order valence-corrected chi connectivity index (χ2v) is 4.91. The van der Waals surface area contributed by atoms with Gasteiger partial charge in [0.1, 0.15) is 11.6 Å². The maximum atomic E-state index is 12.0. The number of nitrogens with one attached hydrogen (secondary N) is 1. The molecule has 3 nitrogen and oxygen atoms in total. The molecule has 0 saturated heterocycles. The molecule has 0 saturated carbocycles. The van der Waals surface area contributed by atoms with Gasteiger partial charge in [0.25, 0.3) is 0 Å². The summed E-state index contributed by atoms with van der Waals surface area (Å²) in [5.74, 6) is 1.66. The van der Waals surface area contributed by atoms with Gasteiger partial charge in [0.05, 0.1) is 0 Å². The van der Waals surface area contributed by atoms with Crippen molar-refractivity contribution in [3.8, 4) is 0 Å². The predicted octanol–water partition coefficient (Wildman–Crippen LogP) is 4.05. The van der Waals surface area contributed by atoms with Crippen molar-refractivity contribution in [3.63, 3.8) is 0 Å². The lowest BCUT2D eigenvalue weighted by Crippen LogP contribution is -2.10. The monoisotopic (exact) mass is 275 g/mol. The van der Waals surface area contributed by atoms with E-state index in [1.165, 1.54) is 0 Å². The van der Waals surface area contributed by atoms with E-state index in [4.69, 9.17) is 0 Å². The van der Waals surface area contributed by atoms with Gasteiger partial charge in [-0.1, -0.05) is 13.8 Å². The largest absolute Gasteiger partial charge is 0.389 e. The molecule has 0 spiro atoms. The van der Waals surface area contributed by atoms with E-state index in [2.05, 4.69) is 15.3 Å². The minimum atomic E-state index is -4.06. The summed E-state index contributed by atoms with van der Waals surface area (Å²) in [4.78, 5) is 8.65. The molecule has 0 aliphatic heterocycles. The van der Waals surface area contributed by atoms with Gasteiger partial charge in [-0.25, -0.2) is 9.97 Å². The molecular weight excluding hydrogens is 255 g/mol. The molecule has 0 atom stereocenters. The van der Waals surface area contributed by atoms with E-state index >= 15 is 0 Å². The number of rotatable bonds is 6. The highest BCUT2D eigenvalue weighted by atomic mass is 19.4. The average Bonchev–Trinajstić information content (AvgIpc) is 2.26. The Morgan fingerprint density at radius 1 is 1.21 bits per heavy atom. The summed E-state index contributed by atoms with van der Waals surface area (Å²) < 4.78 is 35.9. The Bertz CT molecular complexity index is 403. The van der Waals surface area contributed by atoms with Gasteiger partial charge < -0.3 is 5.32 Å². The third kappa shape index (κ3) is 6.40. The minimum absolute atomic E-state index is 0.137. The summed E-state index contributed by atoms with van der Waals surface area (Å²) in [7, 11) is 0. The van der Waals surface area contributed by atoms with E-state index in [0.29, 0.717) is 18.8 Å². The van der Waals surface area contributed by atoms with Gasteiger partial charge >= 0.3 is 6.18 Å². The highest BCUT2D eigenvalue weighted by molar-refractivity contribution is 5.36. The van der Waals surface area contributed by atoms with Crippen LogP contribution in [-0.2, 0) is 0 Å². The lowest BCUT2D eigenvalue weighted by atomic mass is 10.2. The molecule has 1 N–H and O–H groups in total. The fourth-order valence-corrected chi connectivity index (χ4v) is 1.61. The number of aryl methyl sites for hydroxylation is 1. The summed E-state index contributed by atoms with van der Waals surface area (Å²) in [5, 5.41) is 3.05. The Balaban J connectivity index is 2.41. The zero-order chi connectivity index (χ0) is 14.5. The summed E-state index contributed by atoms with van der Waals surface area (Å²) in [6.07, 6.45) is -4.18. The molecule has 6 heteroatoms. The van der Waals surface area contributed by atoms with Crippen LogP contribution in [0.15, 0.2) is 6.07 Å². The number of unbranched alkanes of at least 4 members (excludes halogenated alkanes) is 1. The van der Waals surface area contributed by atoms with Crippen molar-refractivity contribution in [2.75, 3.05) is 11.9 Å². The highest BCUT2D eigenvalue weighted by Crippen LogP contribution is 2.22. The fraction of sp³-hybridized carbons (Fsp3) is 0.692. The molecule has 0 aliphatic rings. The van der Waals surface area contributed by atoms with E-state index in [1.807, 2.05) is 20.8 Å². The van der Waals surface area contributed by atoms with Crippen LogP contribution in [0.25, 0.3) is 0 Å². The lowest BCUT2D eigenvalue weighted by Gasteiger charge is -2.10. The summed E-state index contributed by atoms with van der Waals surface area (Å²) in [5.41, 5.74) is 0.858. The lowest BCUT2D eigenvalue weighted by molar-refractivity contribution is -0.135. The molecule has 0 bridgehead atoms. The quantitative estimate of drug-likeness (QED) is 0.796. The van der Waals surface area contributed by atoms with Gasteiger partial charge in [-0.15, -0.1) is 0 Å². The second kappa shape index (κ2) is 6.73. The van der Waals surface area contributed by atoms with E-state index < -0.39 is 12.6 Å². The van der Waals surface area contributed by atoms with Crippen LogP contribution in [0, 0.1) is 6.92 Å². The molecule has 1 rings (SSSR count). The smallest absolute Gasteiger partial charge is 0.370 e. The summed E-state index contributed by atoms with van der Waals surface area (Å²) >= 11 is 0. The summed E-state index contributed by atoms with van der Waals surface area (Å²) in [6, 6.07) is 1.80. The molecule has 0 radical (unpaired) electrons. The third-order valence-corrected chi connectivity index (χ3v) is 2.58. The van der Waals surface area contributed by atoms with Gasteiger partial charge in [0, 0.05) is 30.6 Å². The number of alkyl halides is 3. The first-order valence-corrected chi connectivity index (χ1v) is 6.44. The third-order valence-electron chi connectivity index (χ3n) is 2.58. The van der Waals surface area contributed by atoms with Crippen molar-refractivity contribution in [2.45, 2.75) is 52.1 Å². The Kier molecular flexibility index (Phi) is 5.57. The topological polar surface area (TPSA) is 37.8 Å². The predicted molar refractivity (Wildman–Crippen MR) is 69.3 cm³/mol. The standard InChI is InChI=1S/C13H20F3N3/c1-9(2)12-18-10(3)8-11(19-12)17-7-5-4-6-13(14,15)16/h8-9H,4-7H2,1-3H3,(H,17,18,19). The molecule has 0 amide bonds.